The highest BCUT2D eigenvalue weighted by atomic mass is 32.2. The van der Waals surface area contributed by atoms with Crippen LogP contribution in [0.15, 0.2) is 4.99 Å². The Morgan fingerprint density at radius 2 is 1.38 bits per heavy atom. The van der Waals surface area contributed by atoms with Gasteiger partial charge in [-0.15, -0.1) is 0 Å². The van der Waals surface area contributed by atoms with E-state index >= 15 is 0 Å². The van der Waals surface area contributed by atoms with E-state index in [9.17, 15) is 33.9 Å². The normalized spacial score (nSPS) is 13.8. The Kier molecular flexibility index (Phi) is 16.0. The molecule has 0 spiro atoms. The topological polar surface area (TPSA) is 301 Å². The van der Waals surface area contributed by atoms with Crippen LogP contribution in [0.3, 0.4) is 0 Å². The molecule has 0 saturated heterocycles. The predicted molar refractivity (Wildman–Crippen MR) is 137 cm³/mol. The van der Waals surface area contributed by atoms with E-state index in [1.165, 1.54) is 11.8 Å². The fourth-order valence-corrected chi connectivity index (χ4v) is 3.42. The van der Waals surface area contributed by atoms with Gasteiger partial charge < -0.3 is 49.7 Å². The van der Waals surface area contributed by atoms with Gasteiger partial charge in [-0.3, -0.25) is 29.0 Å². The average molecular weight is 548 g/mol. The third-order valence-corrected chi connectivity index (χ3v) is 5.52. The zero-order valence-corrected chi connectivity index (χ0v) is 21.4. The number of nitrogens with two attached hydrogens (primary N) is 5. The maximum atomic E-state index is 13.0. The highest BCUT2D eigenvalue weighted by molar-refractivity contribution is 7.98. The Hall–Kier alpha value is -3.60. The van der Waals surface area contributed by atoms with Crippen LogP contribution in [-0.4, -0.2) is 89.3 Å². The molecular formula is C20H37N9O7S. The minimum Gasteiger partial charge on any atom is -0.480 e. The molecule has 0 aromatic heterocycles. The van der Waals surface area contributed by atoms with Crippen molar-refractivity contribution >= 4 is 53.2 Å². The molecular weight excluding hydrogens is 510 g/mol. The van der Waals surface area contributed by atoms with Crippen LogP contribution in [0.4, 0.5) is 0 Å². The van der Waals surface area contributed by atoms with E-state index in [-0.39, 0.29) is 38.2 Å². The number of thioether (sulfide) groups is 1. The number of nitrogens with one attached hydrogen (secondary N) is 3. The number of hydrogen-bond donors (Lipinski definition) is 9. The minimum absolute atomic E-state index is 0.0465. The number of aliphatic carboxylic acids is 1. The van der Waals surface area contributed by atoms with Crippen LogP contribution in [0.25, 0.3) is 0 Å². The number of carbonyl (C=O) groups excluding carboxylic acids is 5. The number of primary amides is 2. The van der Waals surface area contributed by atoms with Gasteiger partial charge in [-0.05, 0) is 37.7 Å². The fourth-order valence-electron chi connectivity index (χ4n) is 2.93. The van der Waals surface area contributed by atoms with Gasteiger partial charge >= 0.3 is 5.97 Å². The molecule has 0 aromatic carbocycles. The first kappa shape index (κ1) is 33.4. The number of carbonyl (C=O) groups is 6. The van der Waals surface area contributed by atoms with Gasteiger partial charge in [0.15, 0.2) is 5.96 Å². The second-order valence-electron chi connectivity index (χ2n) is 8.03. The summed E-state index contributed by atoms with van der Waals surface area (Å²) in [6.45, 7) is 0.145. The molecule has 0 saturated carbocycles. The van der Waals surface area contributed by atoms with Gasteiger partial charge in [-0.2, -0.15) is 11.8 Å². The molecule has 14 N–H and O–H groups in total. The summed E-state index contributed by atoms with van der Waals surface area (Å²) in [4.78, 5) is 76.0. The molecule has 0 heterocycles. The van der Waals surface area contributed by atoms with Crippen LogP contribution in [0.2, 0.25) is 0 Å². The number of hydrogen-bond acceptors (Lipinski definition) is 9. The van der Waals surface area contributed by atoms with E-state index in [0.717, 1.165) is 0 Å². The summed E-state index contributed by atoms with van der Waals surface area (Å²) >= 11 is 1.49. The van der Waals surface area contributed by atoms with E-state index in [1.54, 1.807) is 0 Å². The molecule has 0 aliphatic carbocycles. The molecule has 0 aliphatic heterocycles. The monoisotopic (exact) mass is 547 g/mol. The maximum Gasteiger partial charge on any atom is 0.326 e. The molecule has 4 atom stereocenters. The van der Waals surface area contributed by atoms with E-state index in [1.807, 2.05) is 6.26 Å². The van der Waals surface area contributed by atoms with Crippen molar-refractivity contribution in [2.45, 2.75) is 62.7 Å². The lowest BCUT2D eigenvalue weighted by Crippen LogP contribution is -2.57. The molecule has 16 nitrogen and oxygen atoms in total. The predicted octanol–water partition coefficient (Wildman–Crippen LogP) is -4.20. The fraction of sp³-hybridized carbons (Fsp3) is 0.650. The average Bonchev–Trinajstić information content (AvgIpc) is 2.80. The van der Waals surface area contributed by atoms with Crippen LogP contribution in [0.1, 0.15) is 38.5 Å². The lowest BCUT2D eigenvalue weighted by molar-refractivity contribution is -0.142. The van der Waals surface area contributed by atoms with Crippen LogP contribution in [0.5, 0.6) is 0 Å². The van der Waals surface area contributed by atoms with Crippen molar-refractivity contribution in [1.82, 2.24) is 16.0 Å². The van der Waals surface area contributed by atoms with Crippen LogP contribution in [-0.2, 0) is 28.8 Å². The van der Waals surface area contributed by atoms with Crippen molar-refractivity contribution < 1.29 is 33.9 Å². The summed E-state index contributed by atoms with van der Waals surface area (Å²) in [6.07, 6.45) is 1.20. The summed E-state index contributed by atoms with van der Waals surface area (Å²) in [7, 11) is 0. The molecule has 5 amide bonds. The van der Waals surface area contributed by atoms with Gasteiger partial charge in [0.2, 0.25) is 29.5 Å². The molecule has 0 aliphatic rings. The van der Waals surface area contributed by atoms with Gasteiger partial charge in [0.1, 0.15) is 18.1 Å². The molecule has 17 heteroatoms. The second kappa shape index (κ2) is 17.8. The first-order valence-electron chi connectivity index (χ1n) is 11.3. The smallest absolute Gasteiger partial charge is 0.326 e. The number of aliphatic imine (C=N–C) groups is 1. The van der Waals surface area contributed by atoms with Crippen molar-refractivity contribution in [3.05, 3.63) is 0 Å². The third-order valence-electron chi connectivity index (χ3n) is 4.88. The summed E-state index contributed by atoms with van der Waals surface area (Å²) in [5.41, 5.74) is 26.7. The SMILES string of the molecule is CSCCC(N)C(=O)NC(CCCN=C(N)N)C(=O)NC(CC(N)=O)C(=O)NC(CCC(N)=O)C(=O)O. The van der Waals surface area contributed by atoms with E-state index in [4.69, 9.17) is 28.7 Å². The van der Waals surface area contributed by atoms with E-state index < -0.39 is 66.1 Å². The summed E-state index contributed by atoms with van der Waals surface area (Å²) < 4.78 is 0. The van der Waals surface area contributed by atoms with Crippen molar-refractivity contribution in [2.75, 3.05) is 18.6 Å². The summed E-state index contributed by atoms with van der Waals surface area (Å²) in [5, 5.41) is 16.3. The molecule has 210 valence electrons. The molecule has 0 rings (SSSR count). The third kappa shape index (κ3) is 15.2. The number of amides is 5. The Morgan fingerprint density at radius 3 is 1.89 bits per heavy atom. The Bertz CT molecular complexity index is 852. The molecule has 0 bridgehead atoms. The van der Waals surface area contributed by atoms with Crippen LogP contribution in [0, 0.1) is 0 Å². The van der Waals surface area contributed by atoms with Gasteiger partial charge in [0, 0.05) is 13.0 Å². The van der Waals surface area contributed by atoms with Crippen LogP contribution >= 0.6 is 11.8 Å². The standard InChI is InChI=1S/C20H37N9O7S/c1-37-8-6-10(21)16(32)27-11(3-2-7-26-20(24)25)17(33)29-13(9-15(23)31)18(34)28-12(19(35)36)4-5-14(22)30/h10-13H,2-9,21H2,1H3,(H2,22,30)(H2,23,31)(H,27,32)(H,28,34)(H,29,33)(H,35,36)(H4,24,25,26). The van der Waals surface area contributed by atoms with Gasteiger partial charge in [0.25, 0.3) is 0 Å². The van der Waals surface area contributed by atoms with Crippen LogP contribution < -0.4 is 44.6 Å². The zero-order valence-electron chi connectivity index (χ0n) is 20.6. The number of carboxylic acid groups (broad SMARTS) is 1. The molecule has 4 unspecified atom stereocenters. The van der Waals surface area contributed by atoms with Crippen molar-refractivity contribution in [2.24, 2.45) is 33.7 Å². The Labute approximate surface area is 218 Å². The Morgan fingerprint density at radius 1 is 0.811 bits per heavy atom. The number of carboxylic acids is 1. The van der Waals surface area contributed by atoms with Crippen molar-refractivity contribution in [3.8, 4) is 0 Å². The minimum atomic E-state index is -1.57. The number of nitrogens with zero attached hydrogens (tertiary/aromatic N) is 1. The van der Waals surface area contributed by atoms with Crippen molar-refractivity contribution in [1.29, 1.82) is 0 Å². The second-order valence-corrected chi connectivity index (χ2v) is 9.02. The van der Waals surface area contributed by atoms with Gasteiger partial charge in [0.05, 0.1) is 12.5 Å². The molecule has 37 heavy (non-hydrogen) atoms. The van der Waals surface area contributed by atoms with Crippen molar-refractivity contribution in [3.63, 3.8) is 0 Å². The number of guanidine groups is 1. The first-order valence-corrected chi connectivity index (χ1v) is 12.7. The van der Waals surface area contributed by atoms with E-state index in [0.29, 0.717) is 12.2 Å². The lowest BCUT2D eigenvalue weighted by atomic mass is 10.1. The Balaban J connectivity index is 5.61. The lowest BCUT2D eigenvalue weighted by Gasteiger charge is -2.24. The number of rotatable bonds is 19. The molecule has 0 aromatic rings. The van der Waals surface area contributed by atoms with E-state index in [2.05, 4.69) is 20.9 Å². The zero-order chi connectivity index (χ0) is 28.5. The molecule has 0 fully saturated rings. The largest absolute Gasteiger partial charge is 0.480 e. The first-order chi connectivity index (χ1) is 17.3. The summed E-state index contributed by atoms with van der Waals surface area (Å²) in [5.74, 6) is -5.24. The molecule has 0 radical (unpaired) electrons. The van der Waals surface area contributed by atoms with Gasteiger partial charge in [-0.1, -0.05) is 0 Å². The highest BCUT2D eigenvalue weighted by Gasteiger charge is 2.31. The quantitative estimate of drug-likeness (QED) is 0.0424. The highest BCUT2D eigenvalue weighted by Crippen LogP contribution is 2.05. The maximum absolute atomic E-state index is 13.0. The summed E-state index contributed by atoms with van der Waals surface area (Å²) in [6, 6.07) is -5.17. The van der Waals surface area contributed by atoms with Gasteiger partial charge in [-0.25, -0.2) is 4.79 Å².